The normalized spacial score (nSPS) is 20.1. The van der Waals surface area contributed by atoms with Crippen LogP contribution in [0, 0.1) is 5.82 Å². The number of nitrogens with zero attached hydrogens (tertiary/aromatic N) is 1. The molecule has 0 spiro atoms. The Morgan fingerprint density at radius 1 is 1.32 bits per heavy atom. The van der Waals surface area contributed by atoms with Crippen molar-refractivity contribution >= 4 is 54.5 Å². The smallest absolute Gasteiger partial charge is 0.237 e. The summed E-state index contributed by atoms with van der Waals surface area (Å²) in [5.74, 6) is -1.38. The number of hydrogen-bond acceptors (Lipinski definition) is 3. The third-order valence-corrected chi connectivity index (χ3v) is 5.11. The summed E-state index contributed by atoms with van der Waals surface area (Å²) in [6.45, 7) is -0.224. The largest absolute Gasteiger partial charge is 0.308 e. The monoisotopic (exact) mass is 345 g/mol. The van der Waals surface area contributed by atoms with Gasteiger partial charge in [0.05, 0.1) is 10.7 Å². The van der Waals surface area contributed by atoms with Gasteiger partial charge in [0.2, 0.25) is 15.0 Å². The molecule has 9 heteroatoms. The molecule has 0 saturated carbocycles. The highest BCUT2D eigenvalue weighted by molar-refractivity contribution is 8.14. The average Bonchev–Trinajstić information content (AvgIpc) is 2.65. The Kier molecular flexibility index (Phi) is 3.97. The third-order valence-electron chi connectivity index (χ3n) is 2.75. The molecule has 1 atom stereocenters. The van der Waals surface area contributed by atoms with Crippen molar-refractivity contribution in [1.29, 1.82) is 0 Å². The molecule has 19 heavy (non-hydrogen) atoms. The summed E-state index contributed by atoms with van der Waals surface area (Å²) in [5.41, 5.74) is -0.148. The Labute approximate surface area is 123 Å². The fourth-order valence-electron chi connectivity index (χ4n) is 1.84. The number of halogens is 4. The Hall–Kier alpha value is -0.560. The minimum Gasteiger partial charge on any atom is -0.308 e. The van der Waals surface area contributed by atoms with E-state index in [9.17, 15) is 17.6 Å². The van der Waals surface area contributed by atoms with Gasteiger partial charge in [0.15, 0.2) is 5.82 Å². The molecule has 0 aromatic heterocycles. The number of carbonyl (C=O) groups excluding carboxylic acids is 1. The van der Waals surface area contributed by atoms with Gasteiger partial charge in [-0.15, -0.1) is 0 Å². The molecule has 4 nitrogen and oxygen atoms in total. The van der Waals surface area contributed by atoms with Crippen LogP contribution in [0.5, 0.6) is 0 Å². The molecule has 1 aromatic rings. The van der Waals surface area contributed by atoms with E-state index < -0.39 is 26.0 Å². The Morgan fingerprint density at radius 3 is 2.47 bits per heavy atom. The van der Waals surface area contributed by atoms with E-state index in [1.165, 1.54) is 12.1 Å². The summed E-state index contributed by atoms with van der Waals surface area (Å²) in [7, 11) is 1.32. The van der Waals surface area contributed by atoms with Crippen molar-refractivity contribution in [2.45, 2.75) is 11.7 Å². The summed E-state index contributed by atoms with van der Waals surface area (Å²) in [6.07, 6.45) is -0.296. The van der Waals surface area contributed by atoms with Gasteiger partial charge in [0.25, 0.3) is 0 Å². The maximum absolute atomic E-state index is 13.9. The van der Waals surface area contributed by atoms with Crippen LogP contribution in [0.25, 0.3) is 0 Å². The number of hydrogen-bond donors (Lipinski definition) is 0. The number of carbonyl (C=O) groups is 1. The fraction of sp³-hybridized carbons (Fsp3) is 0.300. The molecule has 1 unspecified atom stereocenters. The summed E-state index contributed by atoms with van der Waals surface area (Å²) < 4.78 is 36.3. The van der Waals surface area contributed by atoms with Crippen molar-refractivity contribution in [2.24, 2.45) is 0 Å². The first-order valence-corrected chi connectivity index (χ1v) is 8.21. The molecule has 1 aromatic carbocycles. The van der Waals surface area contributed by atoms with E-state index in [-0.39, 0.29) is 28.7 Å². The van der Waals surface area contributed by atoms with Gasteiger partial charge in [-0.25, -0.2) is 12.8 Å². The molecule has 0 aliphatic carbocycles. The van der Waals surface area contributed by atoms with Crippen LogP contribution < -0.4 is 4.90 Å². The summed E-state index contributed by atoms with van der Waals surface area (Å²) in [5, 5.41) is -1.17. The fourth-order valence-corrected chi connectivity index (χ4v) is 3.34. The van der Waals surface area contributed by atoms with Crippen LogP contribution in [0.3, 0.4) is 0 Å². The highest BCUT2D eigenvalue weighted by Crippen LogP contribution is 2.34. The van der Waals surface area contributed by atoms with E-state index in [2.05, 4.69) is 0 Å². The van der Waals surface area contributed by atoms with Crippen LogP contribution in [-0.2, 0) is 13.8 Å². The van der Waals surface area contributed by atoms with Crippen LogP contribution in [0.1, 0.15) is 6.42 Å². The zero-order valence-electron chi connectivity index (χ0n) is 9.24. The summed E-state index contributed by atoms with van der Waals surface area (Å²) in [6, 6.07) is 2.40. The average molecular weight is 347 g/mol. The Morgan fingerprint density at radius 2 is 1.95 bits per heavy atom. The minimum absolute atomic E-state index is 0.145. The SMILES string of the molecule is O=C1CC(S(=O)(=O)Cl)CN1c1cc(Cl)cc(Cl)c1F. The van der Waals surface area contributed by atoms with Gasteiger partial charge in [0.1, 0.15) is 5.25 Å². The van der Waals surface area contributed by atoms with Crippen LogP contribution in [0.2, 0.25) is 10.0 Å². The second-order valence-corrected chi connectivity index (χ2v) is 7.78. The molecule has 0 radical (unpaired) electrons. The first-order valence-electron chi connectivity index (χ1n) is 5.08. The van der Waals surface area contributed by atoms with Crippen LogP contribution in [0.4, 0.5) is 10.1 Å². The van der Waals surface area contributed by atoms with Gasteiger partial charge < -0.3 is 4.90 Å². The maximum atomic E-state index is 13.9. The molecular weight excluding hydrogens is 340 g/mol. The number of benzene rings is 1. The van der Waals surface area contributed by atoms with Crippen molar-refractivity contribution in [3.8, 4) is 0 Å². The van der Waals surface area contributed by atoms with Gasteiger partial charge in [-0.2, -0.15) is 0 Å². The molecule has 0 bridgehead atoms. The maximum Gasteiger partial charge on any atom is 0.237 e. The van der Waals surface area contributed by atoms with Crippen LogP contribution in [0.15, 0.2) is 12.1 Å². The lowest BCUT2D eigenvalue weighted by molar-refractivity contribution is -0.117. The molecule has 1 aliphatic heterocycles. The first-order chi connectivity index (χ1) is 8.70. The molecule has 1 amide bonds. The highest BCUT2D eigenvalue weighted by atomic mass is 35.7. The topological polar surface area (TPSA) is 54.5 Å². The van der Waals surface area contributed by atoms with Gasteiger partial charge in [0, 0.05) is 28.7 Å². The molecule has 1 fully saturated rings. The van der Waals surface area contributed by atoms with Gasteiger partial charge in [-0.3, -0.25) is 4.79 Å². The standard InChI is InChI=1S/C10H7Cl3FNO3S/c11-5-1-7(12)10(14)8(2-5)15-4-6(3-9(15)16)19(13,17)18/h1-2,6H,3-4H2. The molecule has 2 rings (SSSR count). The van der Waals surface area contributed by atoms with Gasteiger partial charge in [-0.1, -0.05) is 23.2 Å². The van der Waals surface area contributed by atoms with Crippen LogP contribution in [-0.4, -0.2) is 26.1 Å². The van der Waals surface area contributed by atoms with Crippen molar-refractivity contribution < 1.29 is 17.6 Å². The second kappa shape index (κ2) is 5.09. The Balaban J connectivity index is 2.41. The van der Waals surface area contributed by atoms with E-state index in [1.54, 1.807) is 0 Å². The number of anilines is 1. The lowest BCUT2D eigenvalue weighted by Crippen LogP contribution is -2.27. The van der Waals surface area contributed by atoms with E-state index in [4.69, 9.17) is 33.9 Å². The Bertz CT molecular complexity index is 650. The van der Waals surface area contributed by atoms with Crippen molar-refractivity contribution in [3.05, 3.63) is 28.0 Å². The van der Waals surface area contributed by atoms with E-state index >= 15 is 0 Å². The van der Waals surface area contributed by atoms with E-state index in [1.807, 2.05) is 0 Å². The molecule has 104 valence electrons. The zero-order valence-corrected chi connectivity index (χ0v) is 12.3. The highest BCUT2D eigenvalue weighted by Gasteiger charge is 2.39. The first kappa shape index (κ1) is 14.8. The van der Waals surface area contributed by atoms with Crippen molar-refractivity contribution in [3.63, 3.8) is 0 Å². The van der Waals surface area contributed by atoms with Crippen molar-refractivity contribution in [2.75, 3.05) is 11.4 Å². The predicted molar refractivity (Wildman–Crippen MR) is 72.0 cm³/mol. The molecule has 1 aliphatic rings. The molecule has 1 heterocycles. The zero-order chi connectivity index (χ0) is 14.4. The van der Waals surface area contributed by atoms with Gasteiger partial charge in [-0.05, 0) is 12.1 Å². The molecule has 0 N–H and O–H groups in total. The lowest BCUT2D eigenvalue weighted by atomic mass is 10.3. The quantitative estimate of drug-likeness (QED) is 0.611. The molecular formula is C10H7Cl3FNO3S. The number of rotatable bonds is 2. The second-order valence-electron chi connectivity index (χ2n) is 4.03. The third kappa shape index (κ3) is 2.97. The van der Waals surface area contributed by atoms with Gasteiger partial charge >= 0.3 is 0 Å². The molecule has 1 saturated heterocycles. The van der Waals surface area contributed by atoms with E-state index in [0.29, 0.717) is 0 Å². The van der Waals surface area contributed by atoms with Crippen molar-refractivity contribution in [1.82, 2.24) is 0 Å². The predicted octanol–water partition coefficient (Wildman–Crippen LogP) is 2.81. The van der Waals surface area contributed by atoms with Crippen LogP contribution >= 0.6 is 33.9 Å². The summed E-state index contributed by atoms with van der Waals surface area (Å²) >= 11 is 11.4. The lowest BCUT2D eigenvalue weighted by Gasteiger charge is -2.17. The summed E-state index contributed by atoms with van der Waals surface area (Å²) in [4.78, 5) is 12.7. The van der Waals surface area contributed by atoms with E-state index in [0.717, 1.165) is 4.90 Å². The minimum atomic E-state index is -3.89. The number of amides is 1.